The molecule has 6 heteroatoms. The molecule has 0 unspecified atom stereocenters. The summed E-state index contributed by atoms with van der Waals surface area (Å²) in [6.07, 6.45) is 2.36. The van der Waals surface area contributed by atoms with Crippen LogP contribution in [0.25, 0.3) is 11.3 Å². The summed E-state index contributed by atoms with van der Waals surface area (Å²) in [5.41, 5.74) is 13.2. The molecule has 0 saturated heterocycles. The van der Waals surface area contributed by atoms with Gasteiger partial charge in [-0.3, -0.25) is 0 Å². The van der Waals surface area contributed by atoms with Crippen molar-refractivity contribution in [2.45, 2.75) is 34.1 Å². The van der Waals surface area contributed by atoms with Crippen LogP contribution in [0.4, 0.5) is 0 Å². The molecule has 2 aromatic carbocycles. The van der Waals surface area contributed by atoms with Crippen molar-refractivity contribution in [2.75, 3.05) is 6.54 Å². The van der Waals surface area contributed by atoms with Gasteiger partial charge in [0.25, 0.3) is 0 Å². The largest absolute Gasteiger partial charge is 0.677 e. The maximum absolute atomic E-state index is 11.6. The zero-order chi connectivity index (χ0) is 20.3. The van der Waals surface area contributed by atoms with Gasteiger partial charge < -0.3 is 15.9 Å². The quantitative estimate of drug-likeness (QED) is 0.627. The van der Waals surface area contributed by atoms with E-state index in [0.29, 0.717) is 28.7 Å². The van der Waals surface area contributed by atoms with Crippen molar-refractivity contribution in [3.8, 4) is 0 Å². The predicted molar refractivity (Wildman–Crippen MR) is 107 cm³/mol. The van der Waals surface area contributed by atoms with Crippen molar-refractivity contribution in [2.24, 2.45) is 0 Å². The van der Waals surface area contributed by atoms with E-state index in [9.17, 15) is 19.8 Å². The zero-order valence-electron chi connectivity index (χ0n) is 16.6. The molecule has 0 amide bonds. The molecule has 0 aliphatic heterocycles. The van der Waals surface area contributed by atoms with Gasteiger partial charge in [0, 0.05) is 32.7 Å². The predicted octanol–water partition coefficient (Wildman–Crippen LogP) is 5.19. The van der Waals surface area contributed by atoms with E-state index < -0.39 is 11.9 Å². The number of aryl methyl sites for hydroxylation is 2. The standard InChI is InChI=1S/C22H24NO4.Y/c1-12-8-16(10-19(14(12)3)21(24)25)18(6-5-7-23)17-9-13(2)15(4)20(11-17)22(26)27;/h6,8-11,23H,5,7H2,1-4H3,(H,24,25)(H,26,27);/q-1;. The summed E-state index contributed by atoms with van der Waals surface area (Å²) in [5.74, 6) is -1.99. The number of carboxylic acid groups (broad SMARTS) is 2. The van der Waals surface area contributed by atoms with Gasteiger partial charge in [0.2, 0.25) is 0 Å². The maximum Gasteiger partial charge on any atom is 0.335 e. The summed E-state index contributed by atoms with van der Waals surface area (Å²) in [6.45, 7) is 7.45. The van der Waals surface area contributed by atoms with Crippen molar-refractivity contribution < 1.29 is 52.5 Å². The van der Waals surface area contributed by atoms with Crippen LogP contribution in [0.2, 0.25) is 0 Å². The Kier molecular flexibility index (Phi) is 8.74. The molecule has 28 heavy (non-hydrogen) atoms. The molecule has 2 aromatic rings. The summed E-state index contributed by atoms with van der Waals surface area (Å²) in [5, 5.41) is 19.0. The van der Waals surface area contributed by atoms with Crippen LogP contribution in [0.1, 0.15) is 60.5 Å². The van der Waals surface area contributed by atoms with E-state index in [-0.39, 0.29) is 50.4 Å². The molecule has 1 radical (unpaired) electrons. The van der Waals surface area contributed by atoms with E-state index in [1.807, 2.05) is 32.1 Å². The molecule has 0 bridgehead atoms. The van der Waals surface area contributed by atoms with E-state index in [2.05, 4.69) is 0 Å². The number of aromatic carboxylic acids is 2. The van der Waals surface area contributed by atoms with Crippen LogP contribution < -0.4 is 0 Å². The summed E-state index contributed by atoms with van der Waals surface area (Å²) in [6, 6.07) is 7.06. The number of hydrogen-bond acceptors (Lipinski definition) is 2. The number of carboxylic acids is 2. The van der Waals surface area contributed by atoms with Crippen LogP contribution in [0, 0.1) is 27.7 Å². The average Bonchev–Trinajstić information content (AvgIpc) is 2.60. The molecule has 0 heterocycles. The molecule has 0 spiro atoms. The molecule has 0 fully saturated rings. The number of carbonyl (C=O) groups is 2. The van der Waals surface area contributed by atoms with Crippen LogP contribution in [-0.2, 0) is 32.7 Å². The molecular formula is C22H24NO4Y-. The van der Waals surface area contributed by atoms with Crippen LogP contribution in [-0.4, -0.2) is 28.7 Å². The van der Waals surface area contributed by atoms with E-state index >= 15 is 0 Å². The molecule has 2 rings (SSSR count). The molecule has 0 aliphatic carbocycles. The third-order valence-corrected chi connectivity index (χ3v) is 4.91. The van der Waals surface area contributed by atoms with Crippen LogP contribution >= 0.6 is 0 Å². The molecule has 0 saturated carbocycles. The average molecular weight is 455 g/mol. The Morgan fingerprint density at radius 1 is 0.857 bits per heavy atom. The van der Waals surface area contributed by atoms with Gasteiger partial charge in [0.1, 0.15) is 0 Å². The van der Waals surface area contributed by atoms with Gasteiger partial charge in [-0.15, -0.1) is 6.54 Å². The van der Waals surface area contributed by atoms with Crippen molar-refractivity contribution >= 4 is 17.5 Å². The van der Waals surface area contributed by atoms with E-state index in [1.54, 1.807) is 26.0 Å². The van der Waals surface area contributed by atoms with Gasteiger partial charge in [-0.2, -0.15) is 0 Å². The topological polar surface area (TPSA) is 98.4 Å². The minimum absolute atomic E-state index is 0. The fourth-order valence-corrected chi connectivity index (χ4v) is 3.09. The second kappa shape index (κ2) is 10.1. The molecule has 0 aromatic heterocycles. The van der Waals surface area contributed by atoms with Gasteiger partial charge >= 0.3 is 11.9 Å². The first-order valence-corrected chi connectivity index (χ1v) is 8.72. The second-order valence-corrected chi connectivity index (χ2v) is 6.70. The Morgan fingerprint density at radius 2 is 1.25 bits per heavy atom. The molecule has 5 nitrogen and oxygen atoms in total. The zero-order valence-corrected chi connectivity index (χ0v) is 19.4. The third kappa shape index (κ3) is 5.16. The van der Waals surface area contributed by atoms with E-state index in [4.69, 9.17) is 5.73 Å². The fourth-order valence-electron chi connectivity index (χ4n) is 3.09. The number of rotatable bonds is 6. The summed E-state index contributed by atoms with van der Waals surface area (Å²) in [7, 11) is 0. The number of hydrogen-bond donors (Lipinski definition) is 2. The Bertz CT molecular complexity index is 877. The minimum Gasteiger partial charge on any atom is -0.677 e. The molecule has 0 atom stereocenters. The van der Waals surface area contributed by atoms with Crippen LogP contribution in [0.3, 0.4) is 0 Å². The Morgan fingerprint density at radius 3 is 1.57 bits per heavy atom. The normalized spacial score (nSPS) is 10.2. The van der Waals surface area contributed by atoms with Gasteiger partial charge in [0.05, 0.1) is 11.1 Å². The van der Waals surface area contributed by atoms with Gasteiger partial charge in [-0.05, 0) is 78.8 Å². The Hall–Kier alpha value is -1.82. The molecule has 145 valence electrons. The number of nitrogens with one attached hydrogen (secondary N) is 1. The summed E-state index contributed by atoms with van der Waals surface area (Å²) >= 11 is 0. The van der Waals surface area contributed by atoms with Crippen molar-refractivity contribution in [1.82, 2.24) is 0 Å². The van der Waals surface area contributed by atoms with Crippen LogP contribution in [0.5, 0.6) is 0 Å². The summed E-state index contributed by atoms with van der Waals surface area (Å²) < 4.78 is 0. The van der Waals surface area contributed by atoms with Crippen LogP contribution in [0.15, 0.2) is 30.3 Å². The first-order chi connectivity index (χ1) is 12.7. The van der Waals surface area contributed by atoms with Gasteiger partial charge in [0.15, 0.2) is 0 Å². The SMILES string of the molecule is Cc1cc(C(=CCC[NH-])c2cc(C)c(C)c(C(=O)O)c2)cc(C(=O)O)c1C.[Y]. The third-order valence-electron chi connectivity index (χ3n) is 4.91. The molecule has 3 N–H and O–H groups in total. The Labute approximate surface area is 190 Å². The minimum atomic E-state index is -0.997. The van der Waals surface area contributed by atoms with E-state index in [0.717, 1.165) is 16.7 Å². The van der Waals surface area contributed by atoms with Crippen molar-refractivity contribution in [1.29, 1.82) is 0 Å². The monoisotopic (exact) mass is 455 g/mol. The smallest absolute Gasteiger partial charge is 0.335 e. The maximum atomic E-state index is 11.6. The second-order valence-electron chi connectivity index (χ2n) is 6.70. The molecule has 0 aliphatic rings. The van der Waals surface area contributed by atoms with Crippen molar-refractivity contribution in [3.05, 3.63) is 80.6 Å². The summed E-state index contributed by atoms with van der Waals surface area (Å²) in [4.78, 5) is 23.2. The van der Waals surface area contributed by atoms with Crippen molar-refractivity contribution in [3.63, 3.8) is 0 Å². The first kappa shape index (κ1) is 24.2. The first-order valence-electron chi connectivity index (χ1n) is 8.72. The molecular weight excluding hydrogens is 431 g/mol. The fraction of sp³-hybridized carbons (Fsp3) is 0.273. The van der Waals surface area contributed by atoms with Gasteiger partial charge in [-0.1, -0.05) is 24.6 Å². The van der Waals surface area contributed by atoms with E-state index in [1.165, 1.54) is 0 Å². The number of benzene rings is 2. The Balaban J connectivity index is 0.00000392. The van der Waals surface area contributed by atoms with Gasteiger partial charge in [-0.25, -0.2) is 9.59 Å².